The molecule has 0 saturated carbocycles. The summed E-state index contributed by atoms with van der Waals surface area (Å²) in [4.78, 5) is 19.4. The van der Waals surface area contributed by atoms with Crippen LogP contribution in [0.4, 0.5) is 0 Å². The number of benzene rings is 3. The van der Waals surface area contributed by atoms with Crippen LogP contribution in [0.1, 0.15) is 22.5 Å². The summed E-state index contributed by atoms with van der Waals surface area (Å²) in [7, 11) is 0. The van der Waals surface area contributed by atoms with Crippen molar-refractivity contribution in [2.45, 2.75) is 13.0 Å². The van der Waals surface area contributed by atoms with Gasteiger partial charge < -0.3 is 19.1 Å². The number of carbonyl (C=O) groups excluding carboxylic acids is 1. The van der Waals surface area contributed by atoms with Gasteiger partial charge in [-0.15, -0.1) is 11.3 Å². The number of carbonyl (C=O) groups is 1. The molecule has 4 heterocycles. The minimum Gasteiger partial charge on any atom is -0.489 e. The molecule has 5 aromatic rings. The Labute approximate surface area is 230 Å². The first-order chi connectivity index (χ1) is 19.2. The molecule has 39 heavy (non-hydrogen) atoms. The molecule has 0 radical (unpaired) electrons. The largest absolute Gasteiger partial charge is 0.489 e. The van der Waals surface area contributed by atoms with E-state index in [1.54, 1.807) is 12.3 Å². The molecule has 3 aromatic carbocycles. The molecular formula is C32H28N2O4S. The van der Waals surface area contributed by atoms with E-state index in [0.29, 0.717) is 37.9 Å². The number of thiophene rings is 1. The van der Waals surface area contributed by atoms with Crippen LogP contribution in [0.3, 0.4) is 0 Å². The molecule has 1 saturated heterocycles. The van der Waals surface area contributed by atoms with Crippen molar-refractivity contribution >= 4 is 37.4 Å². The third-order valence-corrected chi connectivity index (χ3v) is 8.63. The van der Waals surface area contributed by atoms with E-state index in [1.807, 2.05) is 28.4 Å². The highest BCUT2D eigenvalue weighted by molar-refractivity contribution is 7.25. The van der Waals surface area contributed by atoms with E-state index < -0.39 is 0 Å². The van der Waals surface area contributed by atoms with Crippen molar-refractivity contribution in [3.63, 3.8) is 0 Å². The zero-order valence-electron chi connectivity index (χ0n) is 21.5. The summed E-state index contributed by atoms with van der Waals surface area (Å²) in [6.45, 7) is 3.36. The number of amides is 1. The fourth-order valence-electron chi connectivity index (χ4n) is 5.41. The van der Waals surface area contributed by atoms with Gasteiger partial charge in [-0.25, -0.2) is 0 Å². The highest BCUT2D eigenvalue weighted by atomic mass is 32.1. The minimum absolute atomic E-state index is 0.103. The summed E-state index contributed by atoms with van der Waals surface area (Å²) in [5.41, 5.74) is 3.51. The average Bonchev–Trinajstić information content (AvgIpc) is 3.58. The first-order valence-electron chi connectivity index (χ1n) is 13.4. The second-order valence-electron chi connectivity index (χ2n) is 10.1. The van der Waals surface area contributed by atoms with Gasteiger partial charge in [-0.1, -0.05) is 30.3 Å². The molecule has 2 aromatic heterocycles. The van der Waals surface area contributed by atoms with Gasteiger partial charge in [-0.2, -0.15) is 0 Å². The Morgan fingerprint density at radius 1 is 0.974 bits per heavy atom. The Bertz CT molecular complexity index is 1660. The van der Waals surface area contributed by atoms with Crippen LogP contribution >= 0.6 is 11.3 Å². The van der Waals surface area contributed by atoms with Crippen LogP contribution in [0.15, 0.2) is 79.0 Å². The van der Waals surface area contributed by atoms with Crippen molar-refractivity contribution in [1.82, 2.24) is 9.88 Å². The Hall–Kier alpha value is -3.94. The van der Waals surface area contributed by atoms with E-state index in [0.717, 1.165) is 47.8 Å². The van der Waals surface area contributed by atoms with Gasteiger partial charge in [0.2, 0.25) is 0 Å². The average molecular weight is 537 g/mol. The summed E-state index contributed by atoms with van der Waals surface area (Å²) in [6.07, 6.45) is 2.65. The van der Waals surface area contributed by atoms with Crippen molar-refractivity contribution in [2.75, 3.05) is 33.0 Å². The van der Waals surface area contributed by atoms with E-state index in [1.165, 1.54) is 20.2 Å². The smallest absolute Gasteiger partial charge is 0.272 e. The zero-order chi connectivity index (χ0) is 26.2. The number of ether oxygens (including phenoxy) is 3. The molecule has 0 bridgehead atoms. The number of hydrogen-bond acceptors (Lipinski definition) is 6. The number of rotatable bonds is 5. The van der Waals surface area contributed by atoms with Crippen molar-refractivity contribution < 1.29 is 19.0 Å². The second-order valence-corrected chi connectivity index (χ2v) is 11.2. The van der Waals surface area contributed by atoms with Crippen LogP contribution in [0, 0.1) is 5.92 Å². The molecule has 0 N–H and O–H groups in total. The summed E-state index contributed by atoms with van der Waals surface area (Å²) in [5, 5.41) is 2.51. The Balaban J connectivity index is 1.29. The lowest BCUT2D eigenvalue weighted by atomic mass is 9.99. The normalized spacial score (nSPS) is 17.1. The number of hydrogen-bond donors (Lipinski definition) is 0. The van der Waals surface area contributed by atoms with Crippen molar-refractivity contribution in [1.29, 1.82) is 0 Å². The number of aromatic nitrogens is 1. The summed E-state index contributed by atoms with van der Waals surface area (Å²) in [6, 6.07) is 24.8. The molecule has 0 spiro atoms. The molecule has 1 amide bonds. The van der Waals surface area contributed by atoms with E-state index in [2.05, 4.69) is 59.6 Å². The first-order valence-corrected chi connectivity index (χ1v) is 14.2. The standard InChI is InChI=1S/C32H28N2O4S/c35-32(27-6-3-4-11-33-27)34-12-14-37-31-24(18-34)15-23(17-28(31)38-20-21-10-13-36-19-21)22-8-9-30-26(16-22)25-5-1-2-7-29(25)39-30/h1-9,11,15-17,21H,10,12-14,18-20H2. The fraction of sp³-hybridized carbons (Fsp3) is 0.250. The molecule has 1 fully saturated rings. The van der Waals surface area contributed by atoms with Crippen molar-refractivity contribution in [3.8, 4) is 22.6 Å². The molecule has 7 heteroatoms. The maximum absolute atomic E-state index is 13.3. The predicted molar refractivity (Wildman–Crippen MR) is 154 cm³/mol. The van der Waals surface area contributed by atoms with E-state index in [4.69, 9.17) is 14.2 Å². The molecule has 6 nitrogen and oxygen atoms in total. The molecule has 1 unspecified atom stereocenters. The van der Waals surface area contributed by atoms with E-state index >= 15 is 0 Å². The van der Waals surface area contributed by atoms with Crippen LogP contribution < -0.4 is 9.47 Å². The van der Waals surface area contributed by atoms with Crippen LogP contribution in [0.5, 0.6) is 11.5 Å². The van der Waals surface area contributed by atoms with Crippen molar-refractivity contribution in [3.05, 3.63) is 90.3 Å². The number of fused-ring (bicyclic) bond motifs is 4. The first kappa shape index (κ1) is 24.1. The topological polar surface area (TPSA) is 60.9 Å². The summed E-state index contributed by atoms with van der Waals surface area (Å²) >= 11 is 1.81. The molecular weight excluding hydrogens is 508 g/mol. The lowest BCUT2D eigenvalue weighted by Crippen LogP contribution is -2.32. The Morgan fingerprint density at radius 3 is 2.74 bits per heavy atom. The number of pyridine rings is 1. The van der Waals surface area contributed by atoms with Crippen LogP contribution in [-0.4, -0.2) is 48.8 Å². The van der Waals surface area contributed by atoms with Gasteiger partial charge >= 0.3 is 0 Å². The quantitative estimate of drug-likeness (QED) is 0.254. The maximum Gasteiger partial charge on any atom is 0.272 e. The molecule has 7 rings (SSSR count). The van der Waals surface area contributed by atoms with Gasteiger partial charge in [0.05, 0.1) is 19.8 Å². The summed E-state index contributed by atoms with van der Waals surface area (Å²) in [5.74, 6) is 1.70. The van der Waals surface area contributed by atoms with E-state index in [9.17, 15) is 4.79 Å². The van der Waals surface area contributed by atoms with Gasteiger partial charge in [0.25, 0.3) is 5.91 Å². The summed E-state index contributed by atoms with van der Waals surface area (Å²) < 4.78 is 20.8. The molecule has 196 valence electrons. The molecule has 0 aliphatic carbocycles. The molecule has 2 aliphatic rings. The van der Waals surface area contributed by atoms with Gasteiger partial charge in [-0.3, -0.25) is 9.78 Å². The highest BCUT2D eigenvalue weighted by Gasteiger charge is 2.26. The van der Waals surface area contributed by atoms with Crippen molar-refractivity contribution in [2.24, 2.45) is 5.92 Å². The minimum atomic E-state index is -0.103. The monoisotopic (exact) mass is 536 g/mol. The Kier molecular flexibility index (Phi) is 6.38. The second kappa shape index (κ2) is 10.3. The SMILES string of the molecule is O=C(c1ccccn1)N1CCOc2c(cc(-c3ccc4sc5ccccc5c4c3)cc2OCC2CCOC2)C1. The lowest BCUT2D eigenvalue weighted by Gasteiger charge is -2.20. The van der Waals surface area contributed by atoms with Gasteiger partial charge in [0.1, 0.15) is 12.3 Å². The lowest BCUT2D eigenvalue weighted by molar-refractivity contribution is 0.0727. The van der Waals surface area contributed by atoms with Crippen LogP contribution in [0.2, 0.25) is 0 Å². The predicted octanol–water partition coefficient (Wildman–Crippen LogP) is 6.57. The third kappa shape index (κ3) is 4.73. The Morgan fingerprint density at radius 2 is 1.87 bits per heavy atom. The fourth-order valence-corrected chi connectivity index (χ4v) is 6.50. The molecule has 2 aliphatic heterocycles. The highest BCUT2D eigenvalue weighted by Crippen LogP contribution is 2.41. The van der Waals surface area contributed by atoms with Gasteiger partial charge in [0.15, 0.2) is 11.5 Å². The zero-order valence-corrected chi connectivity index (χ0v) is 22.3. The van der Waals surface area contributed by atoms with Gasteiger partial charge in [0, 0.05) is 51.0 Å². The van der Waals surface area contributed by atoms with Gasteiger partial charge in [-0.05, 0) is 60.0 Å². The third-order valence-electron chi connectivity index (χ3n) is 7.48. The van der Waals surface area contributed by atoms with Crippen LogP contribution in [0.25, 0.3) is 31.3 Å². The molecule has 1 atom stereocenters. The number of nitrogens with zero attached hydrogens (tertiary/aromatic N) is 2. The maximum atomic E-state index is 13.3. The van der Waals surface area contributed by atoms with Crippen LogP contribution in [-0.2, 0) is 11.3 Å². The van der Waals surface area contributed by atoms with E-state index in [-0.39, 0.29) is 5.91 Å².